The van der Waals surface area contributed by atoms with Crippen molar-refractivity contribution in [3.05, 3.63) is 150 Å². The predicted octanol–water partition coefficient (Wildman–Crippen LogP) is 8.80. The first kappa shape index (κ1) is 26.4. The molecule has 2 aliphatic heterocycles. The van der Waals surface area contributed by atoms with Crippen LogP contribution < -0.4 is 30.9 Å². The van der Waals surface area contributed by atoms with E-state index in [0.717, 1.165) is 28.6 Å². The van der Waals surface area contributed by atoms with Gasteiger partial charge in [-0.1, -0.05) is 60.2 Å². The molecule has 0 bridgehead atoms. The minimum atomic E-state index is 0.0380. The Bertz CT molecular complexity index is 2000. The molecule has 212 valence electrons. The lowest BCUT2D eigenvalue weighted by Crippen LogP contribution is -2.60. The van der Waals surface area contributed by atoms with Crippen molar-refractivity contribution in [2.45, 2.75) is 27.7 Å². The highest BCUT2D eigenvalue weighted by Gasteiger charge is 2.43. The van der Waals surface area contributed by atoms with Gasteiger partial charge in [0.05, 0.1) is 0 Å². The van der Waals surface area contributed by atoms with Gasteiger partial charge in [0.15, 0.2) is 0 Å². The molecule has 0 aromatic heterocycles. The fourth-order valence-corrected chi connectivity index (χ4v) is 7.28. The second-order valence-electron chi connectivity index (χ2n) is 12.1. The molecule has 4 heteroatoms. The molecule has 0 N–H and O–H groups in total. The third kappa shape index (κ3) is 4.21. The summed E-state index contributed by atoms with van der Waals surface area (Å²) < 4.78 is 6.74. The number of hydrogen-bond acceptors (Lipinski definition) is 3. The molecular weight excluding hydrogens is 535 g/mol. The van der Waals surface area contributed by atoms with Gasteiger partial charge >= 0.3 is 0 Å². The Morgan fingerprint density at radius 1 is 0.523 bits per heavy atom. The van der Waals surface area contributed by atoms with Crippen LogP contribution in [-0.2, 0) is 0 Å². The second kappa shape index (κ2) is 10.2. The molecular formula is C40H33BN2O. The van der Waals surface area contributed by atoms with Crippen molar-refractivity contribution in [1.29, 1.82) is 0 Å². The zero-order chi connectivity index (χ0) is 29.9. The summed E-state index contributed by atoms with van der Waals surface area (Å²) >= 11 is 0. The summed E-state index contributed by atoms with van der Waals surface area (Å²) in [5.74, 6) is 1.84. The molecule has 2 heterocycles. The van der Waals surface area contributed by atoms with E-state index in [2.05, 4.69) is 165 Å². The number of aryl methyl sites for hydroxylation is 4. The molecule has 0 fully saturated rings. The highest BCUT2D eigenvalue weighted by atomic mass is 16.5. The van der Waals surface area contributed by atoms with Crippen molar-refractivity contribution < 1.29 is 4.74 Å². The zero-order valence-corrected chi connectivity index (χ0v) is 25.5. The van der Waals surface area contributed by atoms with Crippen LogP contribution in [0.3, 0.4) is 0 Å². The summed E-state index contributed by atoms with van der Waals surface area (Å²) in [6.45, 7) is 8.86. The van der Waals surface area contributed by atoms with Crippen molar-refractivity contribution in [2.24, 2.45) is 0 Å². The van der Waals surface area contributed by atoms with Crippen LogP contribution in [0.5, 0.6) is 11.5 Å². The Labute approximate surface area is 260 Å². The average Bonchev–Trinajstić information content (AvgIpc) is 3.01. The van der Waals surface area contributed by atoms with Crippen LogP contribution in [0.15, 0.2) is 127 Å². The first-order valence-corrected chi connectivity index (χ1v) is 15.3. The quantitative estimate of drug-likeness (QED) is 0.197. The Morgan fingerprint density at radius 2 is 1.18 bits per heavy atom. The van der Waals surface area contributed by atoms with E-state index >= 15 is 0 Å². The molecule has 6 aromatic rings. The van der Waals surface area contributed by atoms with Gasteiger partial charge in [0, 0.05) is 34.1 Å². The number of benzene rings is 6. The summed E-state index contributed by atoms with van der Waals surface area (Å²) in [5.41, 5.74) is 15.7. The van der Waals surface area contributed by atoms with Gasteiger partial charge in [-0.05, 0) is 134 Å². The second-order valence-corrected chi connectivity index (χ2v) is 12.1. The van der Waals surface area contributed by atoms with E-state index in [-0.39, 0.29) is 6.71 Å². The maximum absolute atomic E-state index is 6.74. The number of ether oxygens (including phenoxy) is 1. The highest BCUT2D eigenvalue weighted by Crippen LogP contribution is 2.43. The van der Waals surface area contributed by atoms with E-state index in [1.54, 1.807) is 0 Å². The van der Waals surface area contributed by atoms with Crippen molar-refractivity contribution in [3.63, 3.8) is 0 Å². The minimum absolute atomic E-state index is 0.0380. The molecule has 0 unspecified atom stereocenters. The molecule has 0 aliphatic carbocycles. The van der Waals surface area contributed by atoms with Crippen molar-refractivity contribution in [3.8, 4) is 11.5 Å². The van der Waals surface area contributed by atoms with Crippen LogP contribution in [-0.4, -0.2) is 6.71 Å². The lowest BCUT2D eigenvalue weighted by Gasteiger charge is -2.41. The molecule has 0 saturated carbocycles. The smallest absolute Gasteiger partial charge is 0.256 e. The molecule has 0 radical (unpaired) electrons. The molecule has 44 heavy (non-hydrogen) atoms. The number of rotatable bonds is 4. The minimum Gasteiger partial charge on any atom is -0.458 e. The normalized spacial score (nSPS) is 12.6. The number of para-hydroxylation sites is 2. The van der Waals surface area contributed by atoms with Gasteiger partial charge in [-0.25, -0.2) is 0 Å². The largest absolute Gasteiger partial charge is 0.458 e. The van der Waals surface area contributed by atoms with Gasteiger partial charge in [0.2, 0.25) is 0 Å². The number of hydrogen-bond donors (Lipinski definition) is 0. The molecule has 3 nitrogen and oxygen atoms in total. The number of fused-ring (bicyclic) bond motifs is 4. The van der Waals surface area contributed by atoms with E-state index in [1.165, 1.54) is 55.7 Å². The summed E-state index contributed by atoms with van der Waals surface area (Å²) in [5, 5.41) is 0. The van der Waals surface area contributed by atoms with Crippen molar-refractivity contribution >= 4 is 57.2 Å². The molecule has 6 aromatic carbocycles. The van der Waals surface area contributed by atoms with Crippen LogP contribution in [0, 0.1) is 27.7 Å². The summed E-state index contributed by atoms with van der Waals surface area (Å²) in [7, 11) is 0. The summed E-state index contributed by atoms with van der Waals surface area (Å²) in [6.07, 6.45) is 0. The predicted molar refractivity (Wildman–Crippen MR) is 186 cm³/mol. The molecule has 8 rings (SSSR count). The van der Waals surface area contributed by atoms with Crippen LogP contribution in [0.1, 0.15) is 22.3 Å². The average molecular weight is 569 g/mol. The molecule has 0 atom stereocenters. The topological polar surface area (TPSA) is 15.7 Å². The van der Waals surface area contributed by atoms with Gasteiger partial charge in [-0.2, -0.15) is 0 Å². The van der Waals surface area contributed by atoms with Crippen molar-refractivity contribution in [2.75, 3.05) is 9.80 Å². The Hall–Kier alpha value is -5.22. The monoisotopic (exact) mass is 568 g/mol. The molecule has 2 aliphatic rings. The van der Waals surface area contributed by atoms with Gasteiger partial charge in [0.1, 0.15) is 11.5 Å². The standard InChI is InChI=1S/C40H33BN2O/c1-26-20-27(2)23-33(22-26)43-35-16-11-17-38-40(35)41(39-29(4)21-28(3)24-36(39)43)34-25-32(18-19-37(34)44-38)42(30-12-7-5-8-13-30)31-14-9-6-10-15-31/h5-25H,1-4H3. The summed E-state index contributed by atoms with van der Waals surface area (Å²) in [4.78, 5) is 4.78. The van der Waals surface area contributed by atoms with Gasteiger partial charge in [0.25, 0.3) is 6.71 Å². The SMILES string of the molecule is Cc1cc(C)cc(N2c3cc(C)cc(C)c3B3c4cc(N(c5ccccc5)c5ccccc5)ccc4Oc4cccc2c43)c1. The Balaban J connectivity index is 1.38. The van der Waals surface area contributed by atoms with E-state index in [1.807, 2.05) is 0 Å². The lowest BCUT2D eigenvalue weighted by atomic mass is 9.33. The number of anilines is 6. The van der Waals surface area contributed by atoms with Crippen LogP contribution in [0.25, 0.3) is 0 Å². The summed E-state index contributed by atoms with van der Waals surface area (Å²) in [6, 6.07) is 45.9. The van der Waals surface area contributed by atoms with Crippen LogP contribution >= 0.6 is 0 Å². The Morgan fingerprint density at radius 3 is 1.86 bits per heavy atom. The van der Waals surface area contributed by atoms with Gasteiger partial charge in [-0.3, -0.25) is 0 Å². The van der Waals surface area contributed by atoms with Crippen LogP contribution in [0.2, 0.25) is 0 Å². The third-order valence-electron chi connectivity index (χ3n) is 8.89. The maximum Gasteiger partial charge on any atom is 0.256 e. The van der Waals surface area contributed by atoms with Crippen molar-refractivity contribution in [1.82, 2.24) is 0 Å². The fraction of sp³-hybridized carbons (Fsp3) is 0.100. The maximum atomic E-state index is 6.74. The van der Waals surface area contributed by atoms with Gasteiger partial charge < -0.3 is 14.5 Å². The van der Waals surface area contributed by atoms with E-state index < -0.39 is 0 Å². The van der Waals surface area contributed by atoms with Gasteiger partial charge in [-0.15, -0.1) is 0 Å². The highest BCUT2D eigenvalue weighted by molar-refractivity contribution is 6.99. The first-order chi connectivity index (χ1) is 21.5. The molecule has 0 spiro atoms. The van der Waals surface area contributed by atoms with Crippen LogP contribution in [0.4, 0.5) is 34.1 Å². The third-order valence-corrected chi connectivity index (χ3v) is 8.89. The zero-order valence-electron chi connectivity index (χ0n) is 25.5. The Kier molecular flexibility index (Phi) is 6.13. The molecule has 0 amide bonds. The van der Waals surface area contributed by atoms with E-state index in [0.29, 0.717) is 0 Å². The lowest BCUT2D eigenvalue weighted by molar-refractivity contribution is 0.487. The first-order valence-electron chi connectivity index (χ1n) is 15.3. The van der Waals surface area contributed by atoms with E-state index in [9.17, 15) is 0 Å². The number of nitrogens with zero attached hydrogens (tertiary/aromatic N) is 2. The van der Waals surface area contributed by atoms with E-state index in [4.69, 9.17) is 4.74 Å². The molecule has 0 saturated heterocycles. The fourth-order valence-electron chi connectivity index (χ4n) is 7.28.